The van der Waals surface area contributed by atoms with Crippen LogP contribution in [0.2, 0.25) is 0 Å². The molecule has 0 unspecified atom stereocenters. The standard InChI is InChI=1S/C9H18N2O5/c1-11(4-6-16-2)9(15)10-7(3-5-12)8(13)14/h7,12H,3-6H2,1-2H3,(H,10,15)(H,13,14)/t7-/m1/s1. The van der Waals surface area contributed by atoms with Crippen LogP contribution in [0.5, 0.6) is 0 Å². The average molecular weight is 234 g/mol. The fourth-order valence-corrected chi connectivity index (χ4v) is 0.975. The summed E-state index contributed by atoms with van der Waals surface area (Å²) < 4.78 is 4.78. The number of aliphatic hydroxyl groups excluding tert-OH is 1. The molecule has 0 aromatic rings. The van der Waals surface area contributed by atoms with Gasteiger partial charge in [0.15, 0.2) is 0 Å². The maximum absolute atomic E-state index is 11.5. The lowest BCUT2D eigenvalue weighted by Gasteiger charge is -2.20. The van der Waals surface area contributed by atoms with Gasteiger partial charge < -0.3 is 25.2 Å². The van der Waals surface area contributed by atoms with Crippen molar-refractivity contribution in [2.24, 2.45) is 0 Å². The van der Waals surface area contributed by atoms with Gasteiger partial charge in [-0.05, 0) is 0 Å². The number of nitrogens with zero attached hydrogens (tertiary/aromatic N) is 1. The maximum atomic E-state index is 11.5. The molecule has 0 fully saturated rings. The Balaban J connectivity index is 4.12. The van der Waals surface area contributed by atoms with E-state index in [0.717, 1.165) is 0 Å². The SMILES string of the molecule is COCCN(C)C(=O)N[C@H](CCO)C(=O)O. The molecule has 0 aliphatic heterocycles. The minimum Gasteiger partial charge on any atom is -0.480 e. The van der Waals surface area contributed by atoms with Crippen LogP contribution in [0.3, 0.4) is 0 Å². The summed E-state index contributed by atoms with van der Waals surface area (Å²) in [5.74, 6) is -1.16. The van der Waals surface area contributed by atoms with E-state index in [1.54, 1.807) is 0 Å². The van der Waals surface area contributed by atoms with Gasteiger partial charge >= 0.3 is 12.0 Å². The molecule has 0 bridgehead atoms. The van der Waals surface area contributed by atoms with Crippen molar-refractivity contribution in [3.05, 3.63) is 0 Å². The molecule has 16 heavy (non-hydrogen) atoms. The number of carbonyl (C=O) groups excluding carboxylic acids is 1. The second-order valence-electron chi connectivity index (χ2n) is 3.27. The summed E-state index contributed by atoms with van der Waals surface area (Å²) in [4.78, 5) is 23.5. The Morgan fingerprint density at radius 3 is 2.56 bits per heavy atom. The van der Waals surface area contributed by atoms with E-state index in [0.29, 0.717) is 13.2 Å². The quantitative estimate of drug-likeness (QED) is 0.530. The number of methoxy groups -OCH3 is 1. The van der Waals surface area contributed by atoms with Crippen molar-refractivity contribution in [3.63, 3.8) is 0 Å². The van der Waals surface area contributed by atoms with Crippen molar-refractivity contribution in [2.75, 3.05) is 33.9 Å². The van der Waals surface area contributed by atoms with Crippen molar-refractivity contribution >= 4 is 12.0 Å². The highest BCUT2D eigenvalue weighted by Crippen LogP contribution is 1.94. The van der Waals surface area contributed by atoms with E-state index in [1.165, 1.54) is 19.1 Å². The summed E-state index contributed by atoms with van der Waals surface area (Å²) in [7, 11) is 3.05. The van der Waals surface area contributed by atoms with Crippen LogP contribution in [-0.4, -0.2) is 67.1 Å². The highest BCUT2D eigenvalue weighted by Gasteiger charge is 2.20. The molecule has 0 radical (unpaired) electrons. The van der Waals surface area contributed by atoms with Crippen LogP contribution in [0, 0.1) is 0 Å². The number of urea groups is 1. The maximum Gasteiger partial charge on any atom is 0.326 e. The van der Waals surface area contributed by atoms with E-state index in [-0.39, 0.29) is 13.0 Å². The molecule has 0 rings (SSSR count). The monoisotopic (exact) mass is 234 g/mol. The minimum absolute atomic E-state index is 0.0147. The van der Waals surface area contributed by atoms with Crippen LogP contribution < -0.4 is 5.32 Å². The minimum atomic E-state index is -1.16. The molecule has 0 aromatic carbocycles. The number of carbonyl (C=O) groups is 2. The molecule has 1 atom stereocenters. The summed E-state index contributed by atoms with van der Waals surface area (Å²) in [6.45, 7) is 0.453. The molecular weight excluding hydrogens is 216 g/mol. The Labute approximate surface area is 94.0 Å². The number of carboxylic acids is 1. The number of amides is 2. The Morgan fingerprint density at radius 1 is 1.50 bits per heavy atom. The van der Waals surface area contributed by atoms with Gasteiger partial charge in [0.1, 0.15) is 6.04 Å². The number of ether oxygens (including phenoxy) is 1. The van der Waals surface area contributed by atoms with Crippen molar-refractivity contribution in [3.8, 4) is 0 Å². The van der Waals surface area contributed by atoms with Crippen molar-refractivity contribution in [2.45, 2.75) is 12.5 Å². The third-order valence-electron chi connectivity index (χ3n) is 1.99. The van der Waals surface area contributed by atoms with Crippen LogP contribution in [-0.2, 0) is 9.53 Å². The van der Waals surface area contributed by atoms with E-state index in [4.69, 9.17) is 14.9 Å². The van der Waals surface area contributed by atoms with Gasteiger partial charge in [-0.2, -0.15) is 0 Å². The van der Waals surface area contributed by atoms with Crippen LogP contribution in [0.15, 0.2) is 0 Å². The van der Waals surface area contributed by atoms with Gasteiger partial charge in [0.25, 0.3) is 0 Å². The Kier molecular flexibility index (Phi) is 7.23. The molecule has 0 spiro atoms. The lowest BCUT2D eigenvalue weighted by atomic mass is 10.2. The molecule has 7 nitrogen and oxygen atoms in total. The van der Waals surface area contributed by atoms with Gasteiger partial charge in [0, 0.05) is 33.7 Å². The van der Waals surface area contributed by atoms with Crippen LogP contribution >= 0.6 is 0 Å². The second-order valence-corrected chi connectivity index (χ2v) is 3.27. The molecule has 0 saturated carbocycles. The fraction of sp³-hybridized carbons (Fsp3) is 0.778. The number of aliphatic carboxylic acids is 1. The van der Waals surface area contributed by atoms with Crippen molar-refractivity contribution in [1.29, 1.82) is 0 Å². The van der Waals surface area contributed by atoms with Gasteiger partial charge in [0.05, 0.1) is 6.61 Å². The summed E-state index contributed by atoms with van der Waals surface area (Å²) in [6.07, 6.45) is -0.0147. The smallest absolute Gasteiger partial charge is 0.326 e. The number of nitrogens with one attached hydrogen (secondary N) is 1. The summed E-state index contributed by atoms with van der Waals surface area (Å²) in [5.41, 5.74) is 0. The molecule has 7 heteroatoms. The first-order valence-corrected chi connectivity index (χ1v) is 4.87. The van der Waals surface area contributed by atoms with Gasteiger partial charge in [-0.3, -0.25) is 0 Å². The number of carboxylic acid groups (broad SMARTS) is 1. The van der Waals surface area contributed by atoms with Gasteiger partial charge in [-0.15, -0.1) is 0 Å². The number of likely N-dealkylation sites (N-methyl/N-ethyl adjacent to an activating group) is 1. The third kappa shape index (κ3) is 5.52. The number of hydrogen-bond acceptors (Lipinski definition) is 4. The zero-order chi connectivity index (χ0) is 12.6. The van der Waals surface area contributed by atoms with Gasteiger partial charge in [-0.1, -0.05) is 0 Å². The summed E-state index contributed by atoms with van der Waals surface area (Å²) >= 11 is 0. The first-order chi connectivity index (χ1) is 7.52. The van der Waals surface area contributed by atoms with Crippen molar-refractivity contribution < 1.29 is 24.5 Å². The predicted molar refractivity (Wildman–Crippen MR) is 56.2 cm³/mol. The highest BCUT2D eigenvalue weighted by molar-refractivity contribution is 5.82. The lowest BCUT2D eigenvalue weighted by Crippen LogP contribution is -2.47. The normalized spacial score (nSPS) is 11.9. The molecule has 0 aliphatic carbocycles. The summed E-state index contributed by atoms with van der Waals surface area (Å²) in [5, 5.41) is 19.7. The predicted octanol–water partition coefficient (Wildman–Crippen LogP) is -0.890. The highest BCUT2D eigenvalue weighted by atomic mass is 16.5. The van der Waals surface area contributed by atoms with Crippen molar-refractivity contribution in [1.82, 2.24) is 10.2 Å². The topological polar surface area (TPSA) is 99.1 Å². The number of rotatable bonds is 7. The molecule has 0 aliphatic rings. The largest absolute Gasteiger partial charge is 0.480 e. The van der Waals surface area contributed by atoms with Gasteiger partial charge in [-0.25, -0.2) is 9.59 Å². The zero-order valence-electron chi connectivity index (χ0n) is 9.47. The lowest BCUT2D eigenvalue weighted by molar-refractivity contribution is -0.139. The fourth-order valence-electron chi connectivity index (χ4n) is 0.975. The van der Waals surface area contributed by atoms with E-state index in [2.05, 4.69) is 5.32 Å². The Hall–Kier alpha value is -1.34. The number of aliphatic hydroxyl groups is 1. The van der Waals surface area contributed by atoms with E-state index < -0.39 is 18.0 Å². The van der Waals surface area contributed by atoms with Crippen LogP contribution in [0.1, 0.15) is 6.42 Å². The van der Waals surface area contributed by atoms with Crippen LogP contribution in [0.25, 0.3) is 0 Å². The molecule has 94 valence electrons. The molecule has 0 saturated heterocycles. The van der Waals surface area contributed by atoms with E-state index in [1.807, 2.05) is 0 Å². The third-order valence-corrected chi connectivity index (χ3v) is 1.99. The first kappa shape index (κ1) is 14.7. The average Bonchev–Trinajstić information content (AvgIpc) is 2.24. The zero-order valence-corrected chi connectivity index (χ0v) is 9.47. The Bertz CT molecular complexity index is 234. The molecular formula is C9H18N2O5. The molecule has 0 heterocycles. The molecule has 2 amide bonds. The van der Waals surface area contributed by atoms with Crippen LogP contribution in [0.4, 0.5) is 4.79 Å². The number of hydrogen-bond donors (Lipinski definition) is 3. The van der Waals surface area contributed by atoms with E-state index in [9.17, 15) is 9.59 Å². The second kappa shape index (κ2) is 7.89. The molecule has 3 N–H and O–H groups in total. The first-order valence-electron chi connectivity index (χ1n) is 4.87. The Morgan fingerprint density at radius 2 is 2.12 bits per heavy atom. The van der Waals surface area contributed by atoms with E-state index >= 15 is 0 Å². The summed E-state index contributed by atoms with van der Waals surface area (Å²) in [6, 6.07) is -1.57. The van der Waals surface area contributed by atoms with Gasteiger partial charge in [0.2, 0.25) is 0 Å². The molecule has 0 aromatic heterocycles.